The van der Waals surface area contributed by atoms with E-state index in [4.69, 9.17) is 4.98 Å². The zero-order valence-corrected chi connectivity index (χ0v) is 12.4. The number of nitrogens with zero attached hydrogens (tertiary/aromatic N) is 2. The summed E-state index contributed by atoms with van der Waals surface area (Å²) in [6.07, 6.45) is 0. The SMILES string of the molecule is Cc1ccc2nc(C)c(-c3ccccc3)nc2c1Br. The van der Waals surface area contributed by atoms with Crippen LogP contribution in [-0.2, 0) is 0 Å². The average molecular weight is 313 g/mol. The summed E-state index contributed by atoms with van der Waals surface area (Å²) in [5.74, 6) is 0. The molecular weight excluding hydrogens is 300 g/mol. The molecule has 0 saturated carbocycles. The van der Waals surface area contributed by atoms with E-state index in [1.54, 1.807) is 0 Å². The van der Waals surface area contributed by atoms with Gasteiger partial charge in [-0.05, 0) is 41.4 Å². The molecule has 0 spiro atoms. The van der Waals surface area contributed by atoms with E-state index < -0.39 is 0 Å². The number of benzene rings is 2. The molecule has 0 radical (unpaired) electrons. The Labute approximate surface area is 120 Å². The van der Waals surface area contributed by atoms with E-state index in [1.807, 2.05) is 31.2 Å². The Morgan fingerprint density at radius 2 is 1.63 bits per heavy atom. The number of halogens is 1. The van der Waals surface area contributed by atoms with Crippen LogP contribution in [0.2, 0.25) is 0 Å². The minimum atomic E-state index is 0.921. The molecule has 3 aromatic rings. The molecule has 0 aliphatic rings. The minimum absolute atomic E-state index is 0.921. The number of rotatable bonds is 1. The van der Waals surface area contributed by atoms with Crippen LogP contribution in [0.25, 0.3) is 22.3 Å². The largest absolute Gasteiger partial charge is 0.249 e. The van der Waals surface area contributed by atoms with Crippen LogP contribution in [0.5, 0.6) is 0 Å². The Morgan fingerprint density at radius 3 is 2.37 bits per heavy atom. The molecule has 0 aliphatic heterocycles. The van der Waals surface area contributed by atoms with Gasteiger partial charge in [-0.15, -0.1) is 0 Å². The standard InChI is InChI=1S/C16H13BrN2/c1-10-8-9-13-16(14(10)17)19-15(11(2)18-13)12-6-4-3-5-7-12/h3-9H,1-2H3. The van der Waals surface area contributed by atoms with Gasteiger partial charge in [-0.3, -0.25) is 0 Å². The summed E-state index contributed by atoms with van der Waals surface area (Å²) < 4.78 is 1.02. The molecule has 0 aliphatic carbocycles. The first-order valence-corrected chi connectivity index (χ1v) is 6.95. The van der Waals surface area contributed by atoms with Gasteiger partial charge in [0.1, 0.15) is 5.52 Å². The van der Waals surface area contributed by atoms with E-state index >= 15 is 0 Å². The second-order valence-corrected chi connectivity index (χ2v) is 5.38. The summed E-state index contributed by atoms with van der Waals surface area (Å²) in [4.78, 5) is 9.46. The lowest BCUT2D eigenvalue weighted by Gasteiger charge is -2.09. The van der Waals surface area contributed by atoms with Gasteiger partial charge in [0, 0.05) is 10.0 Å². The summed E-state index contributed by atoms with van der Waals surface area (Å²) in [5, 5.41) is 0. The van der Waals surface area contributed by atoms with E-state index in [2.05, 4.69) is 46.0 Å². The van der Waals surface area contributed by atoms with Gasteiger partial charge in [0.25, 0.3) is 0 Å². The van der Waals surface area contributed by atoms with Crippen molar-refractivity contribution in [3.05, 3.63) is 58.2 Å². The number of aromatic nitrogens is 2. The topological polar surface area (TPSA) is 25.8 Å². The Hall–Kier alpha value is -1.74. The molecule has 0 unspecified atom stereocenters. The smallest absolute Gasteiger partial charge is 0.104 e. The quantitative estimate of drug-likeness (QED) is 0.652. The third kappa shape index (κ3) is 2.15. The highest BCUT2D eigenvalue weighted by molar-refractivity contribution is 9.10. The van der Waals surface area contributed by atoms with E-state index in [9.17, 15) is 0 Å². The first-order valence-electron chi connectivity index (χ1n) is 6.15. The van der Waals surface area contributed by atoms with Gasteiger partial charge in [0.2, 0.25) is 0 Å². The van der Waals surface area contributed by atoms with Gasteiger partial charge in [0.15, 0.2) is 0 Å². The molecule has 0 saturated heterocycles. The molecule has 3 heteroatoms. The van der Waals surface area contributed by atoms with Crippen molar-refractivity contribution in [3.8, 4) is 11.3 Å². The number of fused-ring (bicyclic) bond motifs is 1. The van der Waals surface area contributed by atoms with Crippen LogP contribution in [0.1, 0.15) is 11.3 Å². The molecule has 19 heavy (non-hydrogen) atoms. The first kappa shape index (κ1) is 12.3. The predicted molar refractivity (Wildman–Crippen MR) is 82.1 cm³/mol. The fraction of sp³-hybridized carbons (Fsp3) is 0.125. The molecule has 94 valence electrons. The Balaban J connectivity index is 2.32. The van der Waals surface area contributed by atoms with Crippen LogP contribution in [-0.4, -0.2) is 9.97 Å². The summed E-state index contributed by atoms with van der Waals surface area (Å²) in [7, 11) is 0. The molecule has 0 atom stereocenters. The third-order valence-electron chi connectivity index (χ3n) is 3.19. The van der Waals surface area contributed by atoms with E-state index in [1.165, 1.54) is 5.56 Å². The van der Waals surface area contributed by atoms with Gasteiger partial charge in [-0.1, -0.05) is 36.4 Å². The van der Waals surface area contributed by atoms with E-state index in [0.29, 0.717) is 0 Å². The van der Waals surface area contributed by atoms with Crippen molar-refractivity contribution in [2.75, 3.05) is 0 Å². The number of hydrogen-bond donors (Lipinski definition) is 0. The average Bonchev–Trinajstić information content (AvgIpc) is 2.44. The lowest BCUT2D eigenvalue weighted by Crippen LogP contribution is -1.95. The monoisotopic (exact) mass is 312 g/mol. The van der Waals surface area contributed by atoms with Crippen molar-refractivity contribution in [1.29, 1.82) is 0 Å². The second kappa shape index (κ2) is 4.74. The van der Waals surface area contributed by atoms with Crippen LogP contribution in [0.3, 0.4) is 0 Å². The van der Waals surface area contributed by atoms with Crippen molar-refractivity contribution in [1.82, 2.24) is 9.97 Å². The van der Waals surface area contributed by atoms with Crippen molar-refractivity contribution >= 4 is 27.0 Å². The highest BCUT2D eigenvalue weighted by atomic mass is 79.9. The third-order valence-corrected chi connectivity index (χ3v) is 4.19. The normalized spacial score (nSPS) is 10.9. The molecule has 0 amide bonds. The summed E-state index contributed by atoms with van der Waals surface area (Å²) in [5.41, 5.74) is 6.01. The maximum Gasteiger partial charge on any atom is 0.104 e. The van der Waals surface area contributed by atoms with Gasteiger partial charge < -0.3 is 0 Å². The highest BCUT2D eigenvalue weighted by Crippen LogP contribution is 2.28. The summed E-state index contributed by atoms with van der Waals surface area (Å²) in [6, 6.07) is 14.2. The molecule has 3 rings (SSSR count). The molecule has 1 aromatic heterocycles. The van der Waals surface area contributed by atoms with Crippen LogP contribution < -0.4 is 0 Å². The molecular formula is C16H13BrN2. The molecule has 1 heterocycles. The van der Waals surface area contributed by atoms with Gasteiger partial charge >= 0.3 is 0 Å². The van der Waals surface area contributed by atoms with Crippen molar-refractivity contribution in [2.24, 2.45) is 0 Å². The zero-order valence-electron chi connectivity index (χ0n) is 10.8. The number of hydrogen-bond acceptors (Lipinski definition) is 2. The lowest BCUT2D eigenvalue weighted by molar-refractivity contribution is 1.18. The summed E-state index contributed by atoms with van der Waals surface area (Å²) in [6.45, 7) is 4.07. The van der Waals surface area contributed by atoms with Crippen LogP contribution in [0.15, 0.2) is 46.9 Å². The van der Waals surface area contributed by atoms with Crippen molar-refractivity contribution < 1.29 is 0 Å². The van der Waals surface area contributed by atoms with Gasteiger partial charge in [-0.2, -0.15) is 0 Å². The van der Waals surface area contributed by atoms with Crippen molar-refractivity contribution in [2.45, 2.75) is 13.8 Å². The highest BCUT2D eigenvalue weighted by Gasteiger charge is 2.10. The number of aryl methyl sites for hydroxylation is 2. The molecule has 0 N–H and O–H groups in total. The Bertz CT molecular complexity index is 752. The Kier molecular flexibility index (Phi) is 3.07. The summed E-state index contributed by atoms with van der Waals surface area (Å²) >= 11 is 3.61. The maximum absolute atomic E-state index is 4.80. The molecule has 0 bridgehead atoms. The zero-order chi connectivity index (χ0) is 13.4. The molecule has 2 nitrogen and oxygen atoms in total. The van der Waals surface area contributed by atoms with Gasteiger partial charge in [0.05, 0.1) is 16.9 Å². The van der Waals surface area contributed by atoms with Crippen LogP contribution in [0.4, 0.5) is 0 Å². The fourth-order valence-corrected chi connectivity index (χ4v) is 2.57. The van der Waals surface area contributed by atoms with E-state index in [0.717, 1.165) is 32.5 Å². The van der Waals surface area contributed by atoms with E-state index in [-0.39, 0.29) is 0 Å². The minimum Gasteiger partial charge on any atom is -0.249 e. The predicted octanol–water partition coefficient (Wildman–Crippen LogP) is 4.68. The van der Waals surface area contributed by atoms with Crippen LogP contribution >= 0.6 is 15.9 Å². The Morgan fingerprint density at radius 1 is 0.895 bits per heavy atom. The molecule has 2 aromatic carbocycles. The first-order chi connectivity index (χ1) is 9.16. The molecule has 0 fully saturated rings. The second-order valence-electron chi connectivity index (χ2n) is 4.59. The van der Waals surface area contributed by atoms with Crippen LogP contribution in [0, 0.1) is 13.8 Å². The lowest BCUT2D eigenvalue weighted by atomic mass is 10.1. The van der Waals surface area contributed by atoms with Crippen molar-refractivity contribution in [3.63, 3.8) is 0 Å². The maximum atomic E-state index is 4.80. The van der Waals surface area contributed by atoms with Gasteiger partial charge in [-0.25, -0.2) is 9.97 Å². The fourth-order valence-electron chi connectivity index (χ4n) is 2.15.